The van der Waals surface area contributed by atoms with Gasteiger partial charge in [-0.1, -0.05) is 63.9 Å². The van der Waals surface area contributed by atoms with Crippen molar-refractivity contribution in [2.45, 2.75) is 0 Å². The Morgan fingerprint density at radius 2 is 1.63 bits per heavy atom. The van der Waals surface area contributed by atoms with Crippen LogP contribution in [-0.2, 0) is 0 Å². The molecule has 0 radical (unpaired) electrons. The van der Waals surface area contributed by atoms with E-state index in [0.717, 1.165) is 26.6 Å². The zero-order valence-corrected chi connectivity index (χ0v) is 16.5. The van der Waals surface area contributed by atoms with Crippen LogP contribution in [0.5, 0.6) is 0 Å². The number of nitrogens with zero attached hydrogens (tertiary/aromatic N) is 1. The molecule has 4 aromatic rings. The summed E-state index contributed by atoms with van der Waals surface area (Å²) in [5.74, 6) is -0.191. The molecule has 3 nitrogen and oxygen atoms in total. The number of rotatable bonds is 3. The Hall–Kier alpha value is -2.69. The third-order valence-electron chi connectivity index (χ3n) is 4.21. The Morgan fingerprint density at radius 3 is 2.41 bits per heavy atom. The van der Waals surface area contributed by atoms with Gasteiger partial charge < -0.3 is 5.32 Å². The van der Waals surface area contributed by atoms with E-state index in [1.807, 2.05) is 72.8 Å². The van der Waals surface area contributed by atoms with Crippen molar-refractivity contribution in [3.63, 3.8) is 0 Å². The number of hydrogen-bond acceptors (Lipinski definition) is 2. The lowest BCUT2D eigenvalue weighted by molar-refractivity contribution is 0.102. The molecule has 4 rings (SSSR count). The van der Waals surface area contributed by atoms with Gasteiger partial charge in [-0.3, -0.25) is 4.79 Å². The summed E-state index contributed by atoms with van der Waals surface area (Å²) >= 11 is 9.74. The Bertz CT molecular complexity index is 1140. The van der Waals surface area contributed by atoms with Gasteiger partial charge in [-0.05, 0) is 42.5 Å². The Balaban J connectivity index is 1.82. The molecule has 1 aromatic heterocycles. The van der Waals surface area contributed by atoms with E-state index in [1.165, 1.54) is 0 Å². The Labute approximate surface area is 170 Å². The fourth-order valence-corrected chi connectivity index (χ4v) is 3.40. The largest absolute Gasteiger partial charge is 0.322 e. The number of pyridine rings is 1. The second-order valence-electron chi connectivity index (χ2n) is 6.01. The van der Waals surface area contributed by atoms with Gasteiger partial charge in [0.1, 0.15) is 0 Å². The number of amides is 1. The van der Waals surface area contributed by atoms with Crippen LogP contribution in [0, 0.1) is 0 Å². The van der Waals surface area contributed by atoms with Gasteiger partial charge in [-0.15, -0.1) is 0 Å². The van der Waals surface area contributed by atoms with Gasteiger partial charge in [0, 0.05) is 26.1 Å². The maximum absolute atomic E-state index is 13.0. The third-order valence-corrected chi connectivity index (χ3v) is 5.07. The van der Waals surface area contributed by atoms with Crippen LogP contribution in [0.3, 0.4) is 0 Å². The highest BCUT2D eigenvalue weighted by atomic mass is 79.9. The van der Waals surface area contributed by atoms with Crippen molar-refractivity contribution in [1.29, 1.82) is 0 Å². The van der Waals surface area contributed by atoms with Gasteiger partial charge in [0.15, 0.2) is 0 Å². The molecule has 132 valence electrons. The highest BCUT2D eigenvalue weighted by Crippen LogP contribution is 2.30. The Kier molecular flexibility index (Phi) is 4.92. The zero-order valence-electron chi connectivity index (χ0n) is 14.1. The first kappa shape index (κ1) is 17.7. The first-order valence-corrected chi connectivity index (χ1v) is 9.50. The van der Waals surface area contributed by atoms with Gasteiger partial charge in [0.25, 0.3) is 5.91 Å². The van der Waals surface area contributed by atoms with Crippen molar-refractivity contribution in [3.8, 4) is 11.3 Å². The first-order valence-electron chi connectivity index (χ1n) is 8.33. The van der Waals surface area contributed by atoms with Crippen LogP contribution in [-0.4, -0.2) is 10.9 Å². The zero-order chi connectivity index (χ0) is 18.8. The number of anilines is 1. The van der Waals surface area contributed by atoms with Gasteiger partial charge in [0.05, 0.1) is 16.8 Å². The van der Waals surface area contributed by atoms with E-state index in [2.05, 4.69) is 21.2 Å². The minimum absolute atomic E-state index is 0.191. The van der Waals surface area contributed by atoms with Crippen molar-refractivity contribution in [2.24, 2.45) is 0 Å². The fourth-order valence-electron chi connectivity index (χ4n) is 2.90. The van der Waals surface area contributed by atoms with E-state index in [0.29, 0.717) is 16.3 Å². The molecule has 0 saturated carbocycles. The Morgan fingerprint density at radius 1 is 0.926 bits per heavy atom. The van der Waals surface area contributed by atoms with Crippen LogP contribution >= 0.6 is 27.5 Å². The van der Waals surface area contributed by atoms with E-state index in [9.17, 15) is 4.79 Å². The summed E-state index contributed by atoms with van der Waals surface area (Å²) in [6, 6.07) is 24.3. The SMILES string of the molecule is O=C(Nc1ccc(Br)cc1)c1cc(-c2ccccc2Cl)nc2ccccc12. The summed E-state index contributed by atoms with van der Waals surface area (Å²) in [5, 5.41) is 4.34. The first-order chi connectivity index (χ1) is 13.1. The van der Waals surface area contributed by atoms with Crippen molar-refractivity contribution in [2.75, 3.05) is 5.32 Å². The van der Waals surface area contributed by atoms with Crippen molar-refractivity contribution in [1.82, 2.24) is 4.98 Å². The summed E-state index contributed by atoms with van der Waals surface area (Å²) in [4.78, 5) is 17.7. The second kappa shape index (κ2) is 7.51. The highest BCUT2D eigenvalue weighted by Gasteiger charge is 2.15. The number of para-hydroxylation sites is 1. The number of nitrogens with one attached hydrogen (secondary N) is 1. The number of carbonyl (C=O) groups is 1. The normalized spacial score (nSPS) is 10.7. The number of fused-ring (bicyclic) bond motifs is 1. The lowest BCUT2D eigenvalue weighted by atomic mass is 10.0. The van der Waals surface area contributed by atoms with E-state index < -0.39 is 0 Å². The van der Waals surface area contributed by atoms with E-state index in [-0.39, 0.29) is 5.91 Å². The van der Waals surface area contributed by atoms with Crippen LogP contribution in [0.1, 0.15) is 10.4 Å². The van der Waals surface area contributed by atoms with Crippen LogP contribution in [0.25, 0.3) is 22.2 Å². The molecule has 0 aliphatic heterocycles. The number of hydrogen-bond donors (Lipinski definition) is 1. The van der Waals surface area contributed by atoms with E-state index in [1.54, 1.807) is 6.07 Å². The topological polar surface area (TPSA) is 42.0 Å². The lowest BCUT2D eigenvalue weighted by Crippen LogP contribution is -2.13. The molecule has 1 N–H and O–H groups in total. The average molecular weight is 438 g/mol. The monoisotopic (exact) mass is 436 g/mol. The summed E-state index contributed by atoms with van der Waals surface area (Å²) < 4.78 is 0.955. The van der Waals surface area contributed by atoms with Crippen LogP contribution < -0.4 is 5.32 Å². The molecular weight excluding hydrogens is 424 g/mol. The summed E-state index contributed by atoms with van der Waals surface area (Å²) in [6.07, 6.45) is 0. The summed E-state index contributed by atoms with van der Waals surface area (Å²) in [5.41, 5.74) is 3.49. The maximum atomic E-state index is 13.0. The smallest absolute Gasteiger partial charge is 0.256 e. The number of benzene rings is 3. The van der Waals surface area contributed by atoms with Crippen molar-refractivity contribution >= 4 is 50.0 Å². The van der Waals surface area contributed by atoms with Crippen molar-refractivity contribution < 1.29 is 4.79 Å². The van der Waals surface area contributed by atoms with E-state index >= 15 is 0 Å². The molecule has 5 heteroatoms. The molecule has 3 aromatic carbocycles. The molecule has 0 spiro atoms. The van der Waals surface area contributed by atoms with Crippen LogP contribution in [0.2, 0.25) is 5.02 Å². The standard InChI is InChI=1S/C22H14BrClN2O/c23-14-9-11-15(12-10-14)25-22(27)18-13-21(17-6-1-3-7-19(17)24)26-20-8-4-2-5-16(18)20/h1-13H,(H,25,27). The summed E-state index contributed by atoms with van der Waals surface area (Å²) in [6.45, 7) is 0. The van der Waals surface area contributed by atoms with Crippen LogP contribution in [0.4, 0.5) is 5.69 Å². The quantitative estimate of drug-likeness (QED) is 0.394. The molecule has 27 heavy (non-hydrogen) atoms. The molecule has 0 aliphatic rings. The molecule has 0 saturated heterocycles. The average Bonchev–Trinajstić information content (AvgIpc) is 2.69. The molecular formula is C22H14BrClN2O. The maximum Gasteiger partial charge on any atom is 0.256 e. The molecule has 0 aliphatic carbocycles. The predicted octanol–water partition coefficient (Wildman–Crippen LogP) is 6.57. The molecule has 0 unspecified atom stereocenters. The summed E-state index contributed by atoms with van der Waals surface area (Å²) in [7, 11) is 0. The molecule has 0 bridgehead atoms. The lowest BCUT2D eigenvalue weighted by Gasteiger charge is -2.11. The number of aromatic nitrogens is 1. The molecule has 1 heterocycles. The highest BCUT2D eigenvalue weighted by molar-refractivity contribution is 9.10. The van der Waals surface area contributed by atoms with Crippen LogP contribution in [0.15, 0.2) is 83.3 Å². The van der Waals surface area contributed by atoms with Crippen molar-refractivity contribution in [3.05, 3.63) is 93.9 Å². The van der Waals surface area contributed by atoms with E-state index in [4.69, 9.17) is 16.6 Å². The predicted molar refractivity (Wildman–Crippen MR) is 114 cm³/mol. The van der Waals surface area contributed by atoms with Gasteiger partial charge in [-0.25, -0.2) is 4.98 Å². The molecule has 1 amide bonds. The molecule has 0 atom stereocenters. The third kappa shape index (κ3) is 3.72. The molecule has 0 fully saturated rings. The van der Waals surface area contributed by atoms with Gasteiger partial charge in [0.2, 0.25) is 0 Å². The number of carbonyl (C=O) groups excluding carboxylic acids is 1. The van der Waals surface area contributed by atoms with Gasteiger partial charge in [-0.2, -0.15) is 0 Å². The minimum atomic E-state index is -0.191. The second-order valence-corrected chi connectivity index (χ2v) is 7.34. The minimum Gasteiger partial charge on any atom is -0.322 e. The fraction of sp³-hybridized carbons (Fsp3) is 0. The number of halogens is 2. The van der Waals surface area contributed by atoms with Gasteiger partial charge >= 0.3 is 0 Å².